The molecule has 174 valence electrons. The molecule has 0 bridgehead atoms. The highest BCUT2D eigenvalue weighted by Crippen LogP contribution is 2.25. The van der Waals surface area contributed by atoms with Crippen molar-refractivity contribution in [2.75, 3.05) is 38.1 Å². The third kappa shape index (κ3) is 6.85. The van der Waals surface area contributed by atoms with Crippen LogP contribution in [-0.4, -0.2) is 49.3 Å². The third-order valence-electron chi connectivity index (χ3n) is 5.88. The lowest BCUT2D eigenvalue weighted by Crippen LogP contribution is -2.41. The zero-order valence-corrected chi connectivity index (χ0v) is 20.1. The molecule has 0 unspecified atom stereocenters. The normalized spacial score (nSPS) is 12.8. The monoisotopic (exact) mass is 444 g/mol. The van der Waals surface area contributed by atoms with Crippen LogP contribution in [0.1, 0.15) is 30.5 Å². The van der Waals surface area contributed by atoms with Crippen molar-refractivity contribution < 1.29 is 0 Å². The first-order chi connectivity index (χ1) is 15.9. The SMILES string of the molecule is C=C(CN(CC(=C)N(C)N1Cc2ccccc2C1)c1ccc(C#N)cc1)NCCNC(C)C. The summed E-state index contributed by atoms with van der Waals surface area (Å²) in [5.41, 5.74) is 6.38. The average molecular weight is 445 g/mol. The predicted octanol–water partition coefficient (Wildman–Crippen LogP) is 3.84. The molecule has 0 aliphatic carbocycles. The molecule has 3 rings (SSSR count). The fraction of sp³-hybridized carbons (Fsp3) is 0.370. The summed E-state index contributed by atoms with van der Waals surface area (Å²) in [6.45, 7) is 17.7. The molecule has 1 aliphatic rings. The Hall–Kier alpha value is -3.27. The molecule has 2 N–H and O–H groups in total. The van der Waals surface area contributed by atoms with Crippen molar-refractivity contribution in [2.45, 2.75) is 33.0 Å². The molecule has 1 aliphatic heterocycles. The van der Waals surface area contributed by atoms with Crippen LogP contribution in [-0.2, 0) is 13.1 Å². The summed E-state index contributed by atoms with van der Waals surface area (Å²) >= 11 is 0. The van der Waals surface area contributed by atoms with Crippen LogP contribution in [0.25, 0.3) is 0 Å². The van der Waals surface area contributed by atoms with Crippen LogP contribution in [0, 0.1) is 11.3 Å². The Morgan fingerprint density at radius 2 is 1.67 bits per heavy atom. The lowest BCUT2D eigenvalue weighted by molar-refractivity contribution is 0.0283. The molecule has 0 aromatic heterocycles. The van der Waals surface area contributed by atoms with E-state index in [-0.39, 0.29) is 0 Å². The fourth-order valence-electron chi connectivity index (χ4n) is 3.92. The van der Waals surface area contributed by atoms with Crippen molar-refractivity contribution in [3.63, 3.8) is 0 Å². The molecule has 0 atom stereocenters. The van der Waals surface area contributed by atoms with Gasteiger partial charge in [0.1, 0.15) is 0 Å². The highest BCUT2D eigenvalue weighted by Gasteiger charge is 2.23. The number of anilines is 1. The Labute approximate surface area is 198 Å². The van der Waals surface area contributed by atoms with Crippen molar-refractivity contribution in [2.24, 2.45) is 0 Å². The van der Waals surface area contributed by atoms with Gasteiger partial charge >= 0.3 is 0 Å². The molecule has 33 heavy (non-hydrogen) atoms. The Kier molecular flexibility index (Phi) is 8.53. The third-order valence-corrected chi connectivity index (χ3v) is 5.88. The number of hydrogen-bond acceptors (Lipinski definition) is 6. The van der Waals surface area contributed by atoms with E-state index in [1.165, 1.54) is 11.1 Å². The van der Waals surface area contributed by atoms with Crippen LogP contribution >= 0.6 is 0 Å². The Balaban J connectivity index is 1.64. The number of nitrogens with one attached hydrogen (secondary N) is 2. The smallest absolute Gasteiger partial charge is 0.0991 e. The summed E-state index contributed by atoms with van der Waals surface area (Å²) in [5.74, 6) is 0. The fourth-order valence-corrected chi connectivity index (χ4v) is 3.92. The highest BCUT2D eigenvalue weighted by molar-refractivity contribution is 5.51. The van der Waals surface area contributed by atoms with Crippen LogP contribution in [0.5, 0.6) is 0 Å². The van der Waals surface area contributed by atoms with Gasteiger partial charge in [-0.3, -0.25) is 0 Å². The van der Waals surface area contributed by atoms with Crippen molar-refractivity contribution in [1.29, 1.82) is 5.26 Å². The topological polar surface area (TPSA) is 57.6 Å². The van der Waals surface area contributed by atoms with Gasteiger partial charge < -0.3 is 20.5 Å². The van der Waals surface area contributed by atoms with Gasteiger partial charge in [-0.2, -0.15) is 5.26 Å². The molecule has 6 heteroatoms. The number of nitrogens with zero attached hydrogens (tertiary/aromatic N) is 4. The van der Waals surface area contributed by atoms with Crippen molar-refractivity contribution in [1.82, 2.24) is 20.7 Å². The zero-order chi connectivity index (χ0) is 23.8. The molecule has 0 radical (unpaired) electrons. The Bertz CT molecular complexity index is 963. The molecule has 0 amide bonds. The van der Waals surface area contributed by atoms with Crippen LogP contribution in [0.3, 0.4) is 0 Å². The molecule has 0 saturated heterocycles. The Morgan fingerprint density at radius 3 is 2.24 bits per heavy atom. The van der Waals surface area contributed by atoms with Gasteiger partial charge in [0.15, 0.2) is 0 Å². The van der Waals surface area contributed by atoms with Crippen molar-refractivity contribution in [3.05, 3.63) is 89.8 Å². The molecule has 0 spiro atoms. The van der Waals surface area contributed by atoms with E-state index in [0.29, 0.717) is 24.7 Å². The molecule has 1 heterocycles. The van der Waals surface area contributed by atoms with Gasteiger partial charge in [-0.25, -0.2) is 5.01 Å². The minimum Gasteiger partial charge on any atom is -0.386 e. The number of fused-ring (bicyclic) bond motifs is 1. The first-order valence-electron chi connectivity index (χ1n) is 11.5. The van der Waals surface area contributed by atoms with E-state index in [9.17, 15) is 0 Å². The summed E-state index contributed by atoms with van der Waals surface area (Å²) in [4.78, 5) is 2.24. The predicted molar refractivity (Wildman–Crippen MR) is 136 cm³/mol. The largest absolute Gasteiger partial charge is 0.386 e. The van der Waals surface area contributed by atoms with Gasteiger partial charge in [0.2, 0.25) is 0 Å². The van der Waals surface area contributed by atoms with Crippen LogP contribution in [0.15, 0.2) is 73.1 Å². The lowest BCUT2D eigenvalue weighted by Gasteiger charge is -2.35. The number of hydrazine groups is 1. The molecule has 2 aromatic carbocycles. The average Bonchev–Trinajstić information content (AvgIpc) is 3.25. The first kappa shape index (κ1) is 24.4. The van der Waals surface area contributed by atoms with Gasteiger partial charge in [-0.1, -0.05) is 51.3 Å². The maximum absolute atomic E-state index is 9.17. The molecule has 2 aromatic rings. The minimum atomic E-state index is 0.464. The van der Waals surface area contributed by atoms with Gasteiger partial charge in [-0.05, 0) is 35.4 Å². The highest BCUT2D eigenvalue weighted by atomic mass is 15.6. The molecular weight excluding hydrogens is 408 g/mol. The summed E-state index contributed by atoms with van der Waals surface area (Å²) in [6, 6.07) is 18.9. The summed E-state index contributed by atoms with van der Waals surface area (Å²) in [6.07, 6.45) is 0. The lowest BCUT2D eigenvalue weighted by atomic mass is 10.1. The second kappa shape index (κ2) is 11.6. The summed E-state index contributed by atoms with van der Waals surface area (Å²) in [7, 11) is 2.08. The van der Waals surface area contributed by atoms with Crippen LogP contribution in [0.2, 0.25) is 0 Å². The van der Waals surface area contributed by atoms with E-state index in [0.717, 1.165) is 43.3 Å². The van der Waals surface area contributed by atoms with E-state index in [4.69, 9.17) is 5.26 Å². The number of benzene rings is 2. The van der Waals surface area contributed by atoms with Crippen molar-refractivity contribution >= 4 is 5.69 Å². The maximum atomic E-state index is 9.17. The minimum absolute atomic E-state index is 0.464. The van der Waals surface area contributed by atoms with Gasteiger partial charge in [0.05, 0.1) is 24.7 Å². The second-order valence-corrected chi connectivity index (χ2v) is 8.84. The molecular formula is C27H36N6. The van der Waals surface area contributed by atoms with E-state index in [1.54, 1.807) is 0 Å². The quantitative estimate of drug-likeness (QED) is 0.485. The molecule has 6 nitrogen and oxygen atoms in total. The first-order valence-corrected chi connectivity index (χ1v) is 11.5. The number of rotatable bonds is 12. The van der Waals surface area contributed by atoms with E-state index in [2.05, 4.69) is 89.9 Å². The zero-order valence-electron chi connectivity index (χ0n) is 20.1. The number of nitriles is 1. The summed E-state index contributed by atoms with van der Waals surface area (Å²) in [5, 5.41) is 20.5. The van der Waals surface area contributed by atoms with Gasteiger partial charge in [0, 0.05) is 56.4 Å². The molecule has 0 saturated carbocycles. The summed E-state index contributed by atoms with van der Waals surface area (Å²) < 4.78 is 0. The number of likely N-dealkylation sites (N-methyl/N-ethyl adjacent to an activating group) is 1. The Morgan fingerprint density at radius 1 is 1.03 bits per heavy atom. The standard InChI is InChI=1S/C27H36N6/c1-21(2)29-14-15-30-22(3)17-32(27-12-10-24(16-28)11-13-27)18-23(4)31(5)33-19-25-8-6-7-9-26(25)20-33/h6-13,21,29-30H,3-4,14-15,17-20H2,1-2,5H3. The number of hydrogen-bond donors (Lipinski definition) is 2. The second-order valence-electron chi connectivity index (χ2n) is 8.84. The van der Waals surface area contributed by atoms with E-state index < -0.39 is 0 Å². The van der Waals surface area contributed by atoms with Crippen molar-refractivity contribution in [3.8, 4) is 6.07 Å². The van der Waals surface area contributed by atoms with E-state index in [1.807, 2.05) is 24.3 Å². The van der Waals surface area contributed by atoms with Gasteiger partial charge in [-0.15, -0.1) is 0 Å². The van der Waals surface area contributed by atoms with Gasteiger partial charge in [0.25, 0.3) is 0 Å². The van der Waals surface area contributed by atoms with Crippen LogP contribution in [0.4, 0.5) is 5.69 Å². The molecule has 0 fully saturated rings. The van der Waals surface area contributed by atoms with Crippen LogP contribution < -0.4 is 15.5 Å². The van der Waals surface area contributed by atoms with E-state index >= 15 is 0 Å². The maximum Gasteiger partial charge on any atom is 0.0991 e.